The molecule has 0 aliphatic rings. The summed E-state index contributed by atoms with van der Waals surface area (Å²) in [5.74, 6) is 8.47. The Bertz CT molecular complexity index is 377. The number of carbonyl (C=O) groups is 1. The van der Waals surface area contributed by atoms with Crippen molar-refractivity contribution in [1.29, 1.82) is 0 Å². The van der Waals surface area contributed by atoms with E-state index in [4.69, 9.17) is 10.3 Å². The van der Waals surface area contributed by atoms with E-state index in [1.54, 1.807) is 6.07 Å². The van der Waals surface area contributed by atoms with Crippen molar-refractivity contribution in [2.24, 2.45) is 11.8 Å². The zero-order chi connectivity index (χ0) is 12.8. The van der Waals surface area contributed by atoms with Crippen molar-refractivity contribution in [3.8, 4) is 0 Å². The normalized spacial score (nSPS) is 12.5. The van der Waals surface area contributed by atoms with Gasteiger partial charge < -0.3 is 4.42 Å². The molecule has 1 heterocycles. The Morgan fingerprint density at radius 3 is 2.94 bits per heavy atom. The monoisotopic (exact) mass is 256 g/mol. The van der Waals surface area contributed by atoms with Crippen molar-refractivity contribution in [3.63, 3.8) is 0 Å². The van der Waals surface area contributed by atoms with Crippen LogP contribution >= 0.6 is 11.8 Å². The first-order valence-electron chi connectivity index (χ1n) is 5.76. The summed E-state index contributed by atoms with van der Waals surface area (Å²) >= 11 is 1.86. The number of nitrogen functional groups attached to an aromatic ring is 1. The summed E-state index contributed by atoms with van der Waals surface area (Å²) in [4.78, 5) is 11.3. The molecule has 1 amide bonds. The smallest absolute Gasteiger partial charge is 0.300 e. The molecule has 0 aliphatic carbocycles. The molecule has 4 nitrogen and oxygen atoms in total. The lowest BCUT2D eigenvalue weighted by molar-refractivity contribution is 0.0924. The third-order valence-electron chi connectivity index (χ3n) is 2.73. The van der Waals surface area contributed by atoms with Gasteiger partial charge in [0.1, 0.15) is 5.76 Å². The second-order valence-corrected chi connectivity index (χ2v) is 5.22. The SMILES string of the molecule is CCC(C)CSCc1cc(C(=O)NN)oc1C. The number of aryl methyl sites for hydroxylation is 1. The maximum absolute atomic E-state index is 11.3. The summed E-state index contributed by atoms with van der Waals surface area (Å²) < 4.78 is 5.35. The second-order valence-electron chi connectivity index (χ2n) is 4.19. The number of furan rings is 1. The van der Waals surface area contributed by atoms with Gasteiger partial charge in [-0.15, -0.1) is 0 Å². The first-order valence-corrected chi connectivity index (χ1v) is 6.91. The first-order chi connectivity index (χ1) is 8.08. The molecule has 0 bridgehead atoms. The van der Waals surface area contributed by atoms with Gasteiger partial charge in [-0.3, -0.25) is 10.2 Å². The molecular weight excluding hydrogens is 236 g/mol. The minimum absolute atomic E-state index is 0.282. The first kappa shape index (κ1) is 14.1. The van der Waals surface area contributed by atoms with Crippen molar-refractivity contribution in [3.05, 3.63) is 23.2 Å². The van der Waals surface area contributed by atoms with Crippen LogP contribution in [0.25, 0.3) is 0 Å². The zero-order valence-corrected chi connectivity index (χ0v) is 11.4. The van der Waals surface area contributed by atoms with E-state index in [2.05, 4.69) is 19.3 Å². The third kappa shape index (κ3) is 4.09. The lowest BCUT2D eigenvalue weighted by Crippen LogP contribution is -2.29. The van der Waals surface area contributed by atoms with Gasteiger partial charge in [0.05, 0.1) is 0 Å². The average Bonchev–Trinajstić information content (AvgIpc) is 2.69. The van der Waals surface area contributed by atoms with Crippen LogP contribution in [0.5, 0.6) is 0 Å². The summed E-state index contributed by atoms with van der Waals surface area (Å²) in [6.45, 7) is 6.30. The molecule has 1 rings (SSSR count). The van der Waals surface area contributed by atoms with E-state index in [1.807, 2.05) is 18.7 Å². The van der Waals surface area contributed by atoms with Gasteiger partial charge in [0, 0.05) is 11.3 Å². The maximum Gasteiger partial charge on any atom is 0.300 e. The summed E-state index contributed by atoms with van der Waals surface area (Å²) in [6.07, 6.45) is 1.19. The van der Waals surface area contributed by atoms with Crippen LogP contribution in [0.3, 0.4) is 0 Å². The van der Waals surface area contributed by atoms with E-state index >= 15 is 0 Å². The Labute approximate surface area is 106 Å². The lowest BCUT2D eigenvalue weighted by atomic mass is 10.2. The molecule has 0 radical (unpaired) electrons. The van der Waals surface area contributed by atoms with Crippen LogP contribution in [0.4, 0.5) is 0 Å². The van der Waals surface area contributed by atoms with Crippen molar-refractivity contribution >= 4 is 17.7 Å². The van der Waals surface area contributed by atoms with E-state index in [9.17, 15) is 4.79 Å². The molecule has 17 heavy (non-hydrogen) atoms. The van der Waals surface area contributed by atoms with Crippen LogP contribution in [0, 0.1) is 12.8 Å². The quantitative estimate of drug-likeness (QED) is 0.466. The van der Waals surface area contributed by atoms with Crippen LogP contribution in [-0.2, 0) is 5.75 Å². The third-order valence-corrected chi connectivity index (χ3v) is 4.05. The number of nitrogens with one attached hydrogen (secondary N) is 1. The highest BCUT2D eigenvalue weighted by molar-refractivity contribution is 7.98. The molecule has 96 valence electrons. The number of hydrogen-bond acceptors (Lipinski definition) is 4. The highest BCUT2D eigenvalue weighted by atomic mass is 32.2. The van der Waals surface area contributed by atoms with Crippen molar-refractivity contribution in [1.82, 2.24) is 5.43 Å². The van der Waals surface area contributed by atoms with Gasteiger partial charge in [0.2, 0.25) is 0 Å². The standard InChI is InChI=1S/C12H20N2O2S/c1-4-8(2)6-17-7-10-5-11(12(15)14-13)16-9(10)3/h5,8H,4,6-7,13H2,1-3H3,(H,14,15). The molecule has 5 heteroatoms. The fraction of sp³-hybridized carbons (Fsp3) is 0.583. The Morgan fingerprint density at radius 1 is 1.65 bits per heavy atom. The summed E-state index contributed by atoms with van der Waals surface area (Å²) in [5, 5.41) is 0. The number of amides is 1. The molecule has 0 saturated heterocycles. The van der Waals surface area contributed by atoms with Gasteiger partial charge in [-0.1, -0.05) is 20.3 Å². The highest BCUT2D eigenvalue weighted by Gasteiger charge is 2.13. The zero-order valence-electron chi connectivity index (χ0n) is 10.6. The minimum atomic E-state index is -0.383. The number of hydrogen-bond donors (Lipinski definition) is 2. The highest BCUT2D eigenvalue weighted by Crippen LogP contribution is 2.22. The topological polar surface area (TPSA) is 68.3 Å². The molecule has 3 N–H and O–H groups in total. The molecule has 0 saturated carbocycles. The Balaban J connectivity index is 2.54. The van der Waals surface area contributed by atoms with Crippen LogP contribution in [0.2, 0.25) is 0 Å². The second kappa shape index (κ2) is 6.71. The lowest BCUT2D eigenvalue weighted by Gasteiger charge is -2.06. The van der Waals surface area contributed by atoms with Crippen LogP contribution in [0.1, 0.15) is 42.1 Å². The number of hydrazine groups is 1. The van der Waals surface area contributed by atoms with E-state index < -0.39 is 0 Å². The molecule has 1 aromatic heterocycles. The van der Waals surface area contributed by atoms with E-state index in [0.717, 1.165) is 28.7 Å². The van der Waals surface area contributed by atoms with Crippen molar-refractivity contribution in [2.75, 3.05) is 5.75 Å². The Hall–Kier alpha value is -0.940. The molecule has 1 aromatic rings. The van der Waals surface area contributed by atoms with Crippen LogP contribution in [-0.4, -0.2) is 11.7 Å². The summed E-state index contributed by atoms with van der Waals surface area (Å²) in [5.41, 5.74) is 3.13. The van der Waals surface area contributed by atoms with Gasteiger partial charge in [0.15, 0.2) is 5.76 Å². The number of rotatable bonds is 6. The summed E-state index contributed by atoms with van der Waals surface area (Å²) in [6, 6.07) is 1.77. The van der Waals surface area contributed by atoms with Gasteiger partial charge >= 0.3 is 5.91 Å². The van der Waals surface area contributed by atoms with E-state index in [1.165, 1.54) is 6.42 Å². The number of thioether (sulfide) groups is 1. The van der Waals surface area contributed by atoms with Crippen LogP contribution in [0.15, 0.2) is 10.5 Å². The average molecular weight is 256 g/mol. The molecule has 0 aromatic carbocycles. The molecule has 0 spiro atoms. The Kier molecular flexibility index (Phi) is 5.58. The Morgan fingerprint density at radius 2 is 2.35 bits per heavy atom. The van der Waals surface area contributed by atoms with Crippen LogP contribution < -0.4 is 11.3 Å². The van der Waals surface area contributed by atoms with Crippen molar-refractivity contribution in [2.45, 2.75) is 32.9 Å². The van der Waals surface area contributed by atoms with E-state index in [0.29, 0.717) is 0 Å². The molecule has 0 aliphatic heterocycles. The van der Waals surface area contributed by atoms with Gasteiger partial charge in [-0.05, 0) is 24.7 Å². The molecule has 0 fully saturated rings. The predicted octanol–water partition coefficient (Wildman–Crippen LogP) is 2.47. The fourth-order valence-electron chi connectivity index (χ4n) is 1.33. The van der Waals surface area contributed by atoms with Gasteiger partial charge in [0.25, 0.3) is 0 Å². The minimum Gasteiger partial charge on any atom is -0.456 e. The van der Waals surface area contributed by atoms with Crippen molar-refractivity contribution < 1.29 is 9.21 Å². The summed E-state index contributed by atoms with van der Waals surface area (Å²) in [7, 11) is 0. The molecule has 1 unspecified atom stereocenters. The number of nitrogens with two attached hydrogens (primary N) is 1. The van der Waals surface area contributed by atoms with Gasteiger partial charge in [-0.25, -0.2) is 5.84 Å². The number of carbonyl (C=O) groups excluding carboxylic acids is 1. The molecule has 1 atom stereocenters. The van der Waals surface area contributed by atoms with Gasteiger partial charge in [-0.2, -0.15) is 11.8 Å². The predicted molar refractivity (Wildman–Crippen MR) is 70.7 cm³/mol. The fourth-order valence-corrected chi connectivity index (χ4v) is 2.60. The van der Waals surface area contributed by atoms with E-state index in [-0.39, 0.29) is 11.7 Å². The molecular formula is C12H20N2O2S. The maximum atomic E-state index is 11.3. The largest absolute Gasteiger partial charge is 0.456 e.